The average molecular weight is 198 g/mol. The fourth-order valence-electron chi connectivity index (χ4n) is 0.779. The maximum Gasteiger partial charge on any atom is 0.330 e. The Hall–Kier alpha value is -1.45. The van der Waals surface area contributed by atoms with Crippen LogP contribution in [0.15, 0.2) is 12.7 Å². The van der Waals surface area contributed by atoms with Gasteiger partial charge in [-0.15, -0.1) is 0 Å². The van der Waals surface area contributed by atoms with Crippen molar-refractivity contribution in [1.82, 2.24) is 0 Å². The Morgan fingerprint density at radius 1 is 1.43 bits per heavy atom. The summed E-state index contributed by atoms with van der Waals surface area (Å²) in [5.74, 6) is -1.40. The van der Waals surface area contributed by atoms with Crippen molar-refractivity contribution < 1.29 is 19.1 Å². The summed E-state index contributed by atoms with van der Waals surface area (Å²) in [6.45, 7) is 6.18. The highest BCUT2D eigenvalue weighted by Crippen LogP contribution is 2.02. The van der Waals surface area contributed by atoms with E-state index in [4.69, 9.17) is 0 Å². The third kappa shape index (κ3) is 5.24. The first-order valence-electron chi connectivity index (χ1n) is 4.28. The van der Waals surface area contributed by atoms with Crippen LogP contribution in [0.5, 0.6) is 0 Å². The second-order valence-corrected chi connectivity index (χ2v) is 3.08. The molecule has 0 fully saturated rings. The van der Waals surface area contributed by atoms with Gasteiger partial charge in [0.05, 0.1) is 6.42 Å². The lowest BCUT2D eigenvalue weighted by Gasteiger charge is -2.08. The van der Waals surface area contributed by atoms with Crippen LogP contribution in [0.3, 0.4) is 0 Å². The Kier molecular flexibility index (Phi) is 5.44. The van der Waals surface area contributed by atoms with Gasteiger partial charge in [-0.2, -0.15) is 0 Å². The van der Waals surface area contributed by atoms with Crippen molar-refractivity contribution in [3.63, 3.8) is 0 Å². The molecule has 4 heteroatoms. The van der Waals surface area contributed by atoms with Crippen molar-refractivity contribution in [3.05, 3.63) is 12.7 Å². The molecule has 0 amide bonds. The summed E-state index contributed by atoms with van der Waals surface area (Å²) < 4.78 is 4.67. The van der Waals surface area contributed by atoms with Gasteiger partial charge in [0.2, 0.25) is 0 Å². The lowest BCUT2D eigenvalue weighted by Crippen LogP contribution is -2.20. The number of carbonyl (C=O) groups is 3. The fourth-order valence-corrected chi connectivity index (χ4v) is 0.779. The molecule has 0 aromatic carbocycles. The third-order valence-electron chi connectivity index (χ3n) is 1.62. The summed E-state index contributed by atoms with van der Waals surface area (Å²) in [6.07, 6.45) is 0.926. The monoisotopic (exact) mass is 198 g/mol. The van der Waals surface area contributed by atoms with Gasteiger partial charge in [-0.25, -0.2) is 4.79 Å². The molecule has 0 saturated heterocycles. The predicted octanol–water partition coefficient (Wildman–Crippen LogP) is 0.900. The Balaban J connectivity index is 3.89. The minimum absolute atomic E-state index is 0.00301. The van der Waals surface area contributed by atoms with Crippen LogP contribution >= 0.6 is 0 Å². The standard InChI is InChI=1S/C10H14O4/c1-4-10(13)14-6-7(2)9(12)5-8(3)11/h4,7H,1,5-6H2,2-3H3. The largest absolute Gasteiger partial charge is 0.462 e. The van der Waals surface area contributed by atoms with Crippen LogP contribution in [0.25, 0.3) is 0 Å². The van der Waals surface area contributed by atoms with Crippen molar-refractivity contribution in [3.8, 4) is 0 Å². The molecule has 0 radical (unpaired) electrons. The van der Waals surface area contributed by atoms with E-state index in [1.807, 2.05) is 0 Å². The molecule has 78 valence electrons. The van der Waals surface area contributed by atoms with Crippen LogP contribution in [0.1, 0.15) is 20.3 Å². The molecule has 14 heavy (non-hydrogen) atoms. The third-order valence-corrected chi connectivity index (χ3v) is 1.62. The van der Waals surface area contributed by atoms with E-state index in [1.54, 1.807) is 6.92 Å². The number of hydrogen-bond donors (Lipinski definition) is 0. The molecule has 0 aliphatic rings. The molecule has 0 rings (SSSR count). The molecule has 0 bridgehead atoms. The number of ketones is 2. The van der Waals surface area contributed by atoms with Gasteiger partial charge < -0.3 is 4.74 Å². The van der Waals surface area contributed by atoms with Gasteiger partial charge >= 0.3 is 5.97 Å². The number of ether oxygens (including phenoxy) is 1. The molecule has 0 saturated carbocycles. The molecule has 0 spiro atoms. The molecule has 1 unspecified atom stereocenters. The molecule has 0 heterocycles. The van der Waals surface area contributed by atoms with Gasteiger partial charge in [0.1, 0.15) is 18.2 Å². The van der Waals surface area contributed by atoms with Gasteiger partial charge in [-0.3, -0.25) is 9.59 Å². The number of Topliss-reactive ketones (excluding diaryl/α,β-unsaturated/α-hetero) is 2. The highest BCUT2D eigenvalue weighted by atomic mass is 16.5. The quantitative estimate of drug-likeness (QED) is 0.361. The first-order chi connectivity index (χ1) is 6.47. The highest BCUT2D eigenvalue weighted by molar-refractivity contribution is 5.99. The van der Waals surface area contributed by atoms with Crippen molar-refractivity contribution in [2.45, 2.75) is 20.3 Å². The molecule has 0 aliphatic carbocycles. The minimum Gasteiger partial charge on any atom is -0.462 e. The van der Waals surface area contributed by atoms with Gasteiger partial charge in [0.15, 0.2) is 0 Å². The SMILES string of the molecule is C=CC(=O)OCC(C)C(=O)CC(C)=O. The van der Waals surface area contributed by atoms with Crippen molar-refractivity contribution in [2.24, 2.45) is 5.92 Å². The molecule has 0 aromatic rings. The Morgan fingerprint density at radius 3 is 2.43 bits per heavy atom. The van der Waals surface area contributed by atoms with Crippen LogP contribution in [-0.4, -0.2) is 24.1 Å². The molecule has 0 aromatic heterocycles. The first-order valence-corrected chi connectivity index (χ1v) is 4.28. The van der Waals surface area contributed by atoms with E-state index in [0.717, 1.165) is 6.08 Å². The fraction of sp³-hybridized carbons (Fsp3) is 0.500. The van der Waals surface area contributed by atoms with Crippen LogP contribution in [0.2, 0.25) is 0 Å². The average Bonchev–Trinajstić information content (AvgIpc) is 2.12. The van der Waals surface area contributed by atoms with Gasteiger partial charge in [0, 0.05) is 12.0 Å². The Bertz CT molecular complexity index is 255. The van der Waals surface area contributed by atoms with Crippen molar-refractivity contribution in [2.75, 3.05) is 6.61 Å². The van der Waals surface area contributed by atoms with E-state index in [2.05, 4.69) is 11.3 Å². The molecule has 0 N–H and O–H groups in total. The highest BCUT2D eigenvalue weighted by Gasteiger charge is 2.15. The van der Waals surface area contributed by atoms with Crippen LogP contribution in [-0.2, 0) is 19.1 Å². The van der Waals surface area contributed by atoms with Crippen LogP contribution in [0, 0.1) is 5.92 Å². The van der Waals surface area contributed by atoms with E-state index in [-0.39, 0.29) is 24.6 Å². The second-order valence-electron chi connectivity index (χ2n) is 3.08. The maximum atomic E-state index is 11.2. The minimum atomic E-state index is -0.563. The zero-order valence-corrected chi connectivity index (χ0v) is 8.41. The smallest absolute Gasteiger partial charge is 0.330 e. The summed E-state index contributed by atoms with van der Waals surface area (Å²) >= 11 is 0. The van der Waals surface area contributed by atoms with E-state index in [0.29, 0.717) is 0 Å². The Labute approximate surface area is 82.9 Å². The molecular formula is C10H14O4. The molecule has 0 aliphatic heterocycles. The Morgan fingerprint density at radius 2 is 2.00 bits per heavy atom. The summed E-state index contributed by atoms with van der Waals surface area (Å²) in [5, 5.41) is 0. The summed E-state index contributed by atoms with van der Waals surface area (Å²) in [6, 6.07) is 0. The van der Waals surface area contributed by atoms with Gasteiger partial charge in [-0.05, 0) is 6.92 Å². The van der Waals surface area contributed by atoms with Crippen molar-refractivity contribution in [1.29, 1.82) is 0 Å². The number of carbonyl (C=O) groups excluding carboxylic acids is 3. The normalized spacial score (nSPS) is 11.6. The van der Waals surface area contributed by atoms with E-state index in [9.17, 15) is 14.4 Å². The molecular weight excluding hydrogens is 184 g/mol. The lowest BCUT2D eigenvalue weighted by atomic mass is 10.0. The van der Waals surface area contributed by atoms with Gasteiger partial charge in [0.25, 0.3) is 0 Å². The first kappa shape index (κ1) is 12.6. The summed E-state index contributed by atoms with van der Waals surface area (Å²) in [7, 11) is 0. The summed E-state index contributed by atoms with van der Waals surface area (Å²) in [5.41, 5.74) is 0. The number of hydrogen-bond acceptors (Lipinski definition) is 4. The predicted molar refractivity (Wildman–Crippen MR) is 50.6 cm³/mol. The zero-order valence-electron chi connectivity index (χ0n) is 8.41. The van der Waals surface area contributed by atoms with Crippen molar-refractivity contribution >= 4 is 17.5 Å². The maximum absolute atomic E-state index is 11.2. The molecule has 1 atom stereocenters. The van der Waals surface area contributed by atoms with Crippen LogP contribution in [0.4, 0.5) is 0 Å². The lowest BCUT2D eigenvalue weighted by molar-refractivity contribution is -0.140. The van der Waals surface area contributed by atoms with E-state index in [1.165, 1.54) is 6.92 Å². The van der Waals surface area contributed by atoms with E-state index >= 15 is 0 Å². The van der Waals surface area contributed by atoms with Crippen LogP contribution < -0.4 is 0 Å². The zero-order chi connectivity index (χ0) is 11.1. The number of esters is 1. The number of rotatable bonds is 6. The van der Waals surface area contributed by atoms with Gasteiger partial charge in [-0.1, -0.05) is 13.5 Å². The topological polar surface area (TPSA) is 60.4 Å². The molecule has 4 nitrogen and oxygen atoms in total. The van der Waals surface area contributed by atoms with E-state index < -0.39 is 11.9 Å². The second kappa shape index (κ2) is 6.07. The summed E-state index contributed by atoms with van der Waals surface area (Å²) in [4.78, 5) is 32.5.